The highest BCUT2D eigenvalue weighted by Crippen LogP contribution is 2.38. The fourth-order valence-corrected chi connectivity index (χ4v) is 3.86. The Balaban J connectivity index is 1.76. The van der Waals surface area contributed by atoms with Crippen molar-refractivity contribution in [2.75, 3.05) is 18.0 Å². The Labute approximate surface area is 120 Å². The lowest BCUT2D eigenvalue weighted by atomic mass is 9.75. The number of nitrogens with zero attached hydrogens (tertiary/aromatic N) is 1. The first-order valence-corrected chi connectivity index (χ1v) is 7.87. The number of hydrogen-bond acceptors (Lipinski definition) is 2. The Hall–Kier alpha value is -1.09. The third-order valence-corrected chi connectivity index (χ3v) is 5.09. The molecule has 0 bridgehead atoms. The number of hydrogen-bond donors (Lipinski definition) is 1. The Bertz CT molecular complexity index is 474. The van der Waals surface area contributed by atoms with Gasteiger partial charge in [-0.15, -0.1) is 0 Å². The molecule has 1 saturated carbocycles. The summed E-state index contributed by atoms with van der Waals surface area (Å²) in [6.45, 7) is 3.63. The summed E-state index contributed by atoms with van der Waals surface area (Å²) in [5, 5.41) is 9.52. The molecule has 0 amide bonds. The first-order chi connectivity index (χ1) is 9.65. The zero-order valence-corrected chi connectivity index (χ0v) is 12.2. The molecule has 1 saturated heterocycles. The Morgan fingerprint density at radius 1 is 1.20 bits per heavy atom. The summed E-state index contributed by atoms with van der Waals surface area (Å²) >= 11 is 0. The van der Waals surface area contributed by atoms with Crippen molar-refractivity contribution in [3.05, 3.63) is 29.6 Å². The highest BCUT2D eigenvalue weighted by molar-refractivity contribution is 5.50. The highest BCUT2D eigenvalue weighted by Gasteiger charge is 2.31. The smallest absolute Gasteiger partial charge is 0.146 e. The Morgan fingerprint density at radius 2 is 1.95 bits per heavy atom. The van der Waals surface area contributed by atoms with Crippen molar-refractivity contribution < 1.29 is 9.50 Å². The van der Waals surface area contributed by atoms with Crippen LogP contribution < -0.4 is 4.90 Å². The maximum Gasteiger partial charge on any atom is 0.146 e. The first-order valence-electron chi connectivity index (χ1n) is 7.87. The standard InChI is InChI=1S/C17H24FNO/c1-12(20)14-6-7-17(16(18)10-14)19-9-8-13-4-2-3-5-15(13)11-19/h6-7,10,12-13,15,20H,2-5,8-9,11H2,1H3/t12-,13?,15?/m0/s1. The fourth-order valence-electron chi connectivity index (χ4n) is 3.86. The van der Waals surface area contributed by atoms with Crippen LogP contribution in [-0.2, 0) is 0 Å². The zero-order valence-electron chi connectivity index (χ0n) is 12.2. The second kappa shape index (κ2) is 5.72. The number of benzene rings is 1. The van der Waals surface area contributed by atoms with E-state index in [0.717, 1.165) is 24.9 Å². The third-order valence-electron chi connectivity index (χ3n) is 5.09. The second-order valence-electron chi connectivity index (χ2n) is 6.43. The molecule has 2 aliphatic rings. The summed E-state index contributed by atoms with van der Waals surface area (Å²) in [5.74, 6) is 1.41. The van der Waals surface area contributed by atoms with Gasteiger partial charge in [-0.1, -0.05) is 25.3 Å². The molecular formula is C17H24FNO. The minimum Gasteiger partial charge on any atom is -0.389 e. The number of halogens is 1. The SMILES string of the molecule is C[C@H](O)c1ccc(N2CCC3CCCCC3C2)c(F)c1. The molecule has 1 aromatic rings. The van der Waals surface area contributed by atoms with Crippen LogP contribution in [0.3, 0.4) is 0 Å². The van der Waals surface area contributed by atoms with Crippen LogP contribution in [0.1, 0.15) is 50.7 Å². The van der Waals surface area contributed by atoms with Gasteiger partial charge in [-0.05, 0) is 49.3 Å². The van der Waals surface area contributed by atoms with Crippen molar-refractivity contribution in [1.82, 2.24) is 0 Å². The molecular weight excluding hydrogens is 253 g/mol. The van der Waals surface area contributed by atoms with Crippen molar-refractivity contribution in [2.45, 2.75) is 45.1 Å². The van der Waals surface area contributed by atoms with Crippen molar-refractivity contribution >= 4 is 5.69 Å². The van der Waals surface area contributed by atoms with Gasteiger partial charge < -0.3 is 10.0 Å². The summed E-state index contributed by atoms with van der Waals surface area (Å²) in [6, 6.07) is 5.16. The van der Waals surface area contributed by atoms with Gasteiger partial charge in [-0.2, -0.15) is 0 Å². The summed E-state index contributed by atoms with van der Waals surface area (Å²) < 4.78 is 14.3. The summed E-state index contributed by atoms with van der Waals surface area (Å²) in [7, 11) is 0. The fraction of sp³-hybridized carbons (Fsp3) is 0.647. The van der Waals surface area contributed by atoms with E-state index >= 15 is 0 Å². The number of piperidine rings is 1. The molecule has 0 aromatic heterocycles. The largest absolute Gasteiger partial charge is 0.389 e. The summed E-state index contributed by atoms with van der Waals surface area (Å²) in [4.78, 5) is 2.20. The molecule has 3 atom stereocenters. The lowest BCUT2D eigenvalue weighted by Gasteiger charge is -2.42. The van der Waals surface area contributed by atoms with E-state index in [1.807, 2.05) is 12.1 Å². The van der Waals surface area contributed by atoms with Crippen molar-refractivity contribution in [3.8, 4) is 0 Å². The van der Waals surface area contributed by atoms with Crippen LogP contribution >= 0.6 is 0 Å². The van der Waals surface area contributed by atoms with E-state index in [9.17, 15) is 9.50 Å². The van der Waals surface area contributed by atoms with E-state index in [4.69, 9.17) is 0 Å². The molecule has 2 unspecified atom stereocenters. The average Bonchev–Trinajstić information content (AvgIpc) is 2.46. The van der Waals surface area contributed by atoms with E-state index in [0.29, 0.717) is 11.3 Å². The van der Waals surface area contributed by atoms with E-state index in [2.05, 4.69) is 4.90 Å². The van der Waals surface area contributed by atoms with Gasteiger partial charge in [0, 0.05) is 13.1 Å². The highest BCUT2D eigenvalue weighted by atomic mass is 19.1. The summed E-state index contributed by atoms with van der Waals surface area (Å²) in [6.07, 6.45) is 5.96. The van der Waals surface area contributed by atoms with Crippen molar-refractivity contribution in [3.63, 3.8) is 0 Å². The molecule has 0 spiro atoms. The number of aliphatic hydroxyl groups is 1. The van der Waals surface area contributed by atoms with Crippen molar-refractivity contribution in [1.29, 1.82) is 0 Å². The van der Waals surface area contributed by atoms with Crippen LogP contribution in [0.15, 0.2) is 18.2 Å². The third kappa shape index (κ3) is 2.69. The molecule has 3 rings (SSSR count). The predicted molar refractivity (Wildman–Crippen MR) is 79.3 cm³/mol. The molecule has 1 aliphatic heterocycles. The molecule has 2 fully saturated rings. The summed E-state index contributed by atoms with van der Waals surface area (Å²) in [5.41, 5.74) is 1.36. The topological polar surface area (TPSA) is 23.5 Å². The lowest BCUT2D eigenvalue weighted by molar-refractivity contribution is 0.198. The van der Waals surface area contributed by atoms with Crippen LogP contribution in [0.5, 0.6) is 0 Å². The lowest BCUT2D eigenvalue weighted by Crippen LogP contribution is -2.42. The Morgan fingerprint density at radius 3 is 2.65 bits per heavy atom. The van der Waals surface area contributed by atoms with Crippen LogP contribution in [-0.4, -0.2) is 18.2 Å². The molecule has 1 aromatic carbocycles. The molecule has 2 nitrogen and oxygen atoms in total. The molecule has 110 valence electrons. The van der Waals surface area contributed by atoms with E-state index in [1.165, 1.54) is 38.2 Å². The van der Waals surface area contributed by atoms with Gasteiger partial charge in [0.1, 0.15) is 5.82 Å². The quantitative estimate of drug-likeness (QED) is 0.886. The van der Waals surface area contributed by atoms with Gasteiger partial charge in [0.25, 0.3) is 0 Å². The molecule has 1 N–H and O–H groups in total. The molecule has 3 heteroatoms. The van der Waals surface area contributed by atoms with Crippen LogP contribution in [0.4, 0.5) is 10.1 Å². The van der Waals surface area contributed by atoms with Gasteiger partial charge in [0.05, 0.1) is 11.8 Å². The number of anilines is 1. The van der Waals surface area contributed by atoms with Crippen LogP contribution in [0, 0.1) is 17.7 Å². The number of aliphatic hydroxyl groups excluding tert-OH is 1. The maximum absolute atomic E-state index is 14.3. The van der Waals surface area contributed by atoms with E-state index < -0.39 is 6.10 Å². The first kappa shape index (κ1) is 13.9. The predicted octanol–water partition coefficient (Wildman–Crippen LogP) is 3.90. The maximum atomic E-state index is 14.3. The molecule has 1 aliphatic carbocycles. The second-order valence-corrected chi connectivity index (χ2v) is 6.43. The van der Waals surface area contributed by atoms with E-state index in [1.54, 1.807) is 6.92 Å². The molecule has 20 heavy (non-hydrogen) atoms. The van der Waals surface area contributed by atoms with Gasteiger partial charge >= 0.3 is 0 Å². The number of rotatable bonds is 2. The minimum absolute atomic E-state index is 0.197. The molecule has 0 radical (unpaired) electrons. The average molecular weight is 277 g/mol. The monoisotopic (exact) mass is 277 g/mol. The minimum atomic E-state index is -0.609. The van der Waals surface area contributed by atoms with E-state index in [-0.39, 0.29) is 5.82 Å². The zero-order chi connectivity index (χ0) is 14.1. The van der Waals surface area contributed by atoms with Gasteiger partial charge in [0.2, 0.25) is 0 Å². The van der Waals surface area contributed by atoms with Crippen LogP contribution in [0.25, 0.3) is 0 Å². The normalized spacial score (nSPS) is 28.1. The van der Waals surface area contributed by atoms with Gasteiger partial charge in [-0.25, -0.2) is 4.39 Å². The van der Waals surface area contributed by atoms with Crippen molar-refractivity contribution in [2.24, 2.45) is 11.8 Å². The number of fused-ring (bicyclic) bond motifs is 1. The molecule has 1 heterocycles. The van der Waals surface area contributed by atoms with Crippen LogP contribution in [0.2, 0.25) is 0 Å². The van der Waals surface area contributed by atoms with Gasteiger partial charge in [0.15, 0.2) is 0 Å². The van der Waals surface area contributed by atoms with Gasteiger partial charge in [-0.3, -0.25) is 0 Å². The Kier molecular flexibility index (Phi) is 3.97.